The van der Waals surface area contributed by atoms with Gasteiger partial charge in [-0.1, -0.05) is 0 Å². The fourth-order valence-electron chi connectivity index (χ4n) is 1.27. The number of carboxylic acids is 1. The number of aromatic nitrogens is 1. The molecule has 0 aliphatic rings. The molecule has 0 aliphatic heterocycles. The second-order valence-corrected chi connectivity index (χ2v) is 3.37. The van der Waals surface area contributed by atoms with E-state index < -0.39 is 47.8 Å². The first-order valence-electron chi connectivity index (χ1n) is 4.64. The number of rotatable bonds is 3. The lowest BCUT2D eigenvalue weighted by Gasteiger charge is -2.15. The van der Waals surface area contributed by atoms with Crippen molar-refractivity contribution in [3.8, 4) is 5.75 Å². The molecule has 1 N–H and O–H groups in total. The molecule has 112 valence electrons. The quantitative estimate of drug-likeness (QED) is 0.872. The lowest BCUT2D eigenvalue weighted by molar-refractivity contribution is -0.276. The van der Waals surface area contributed by atoms with Crippen LogP contribution in [0.25, 0.3) is 0 Å². The topological polar surface area (TPSA) is 59.4 Å². The van der Waals surface area contributed by atoms with Crippen molar-refractivity contribution in [2.24, 2.45) is 0 Å². The van der Waals surface area contributed by atoms with Gasteiger partial charge in [-0.25, -0.2) is 4.39 Å². The first kappa shape index (κ1) is 16.0. The van der Waals surface area contributed by atoms with Crippen molar-refractivity contribution in [3.63, 3.8) is 0 Å². The van der Waals surface area contributed by atoms with Crippen LogP contribution in [0, 0.1) is 5.82 Å². The lowest BCUT2D eigenvalue weighted by atomic mass is 10.1. The molecule has 0 unspecified atom stereocenters. The van der Waals surface area contributed by atoms with Crippen LogP contribution in [0.4, 0.5) is 30.7 Å². The summed E-state index contributed by atoms with van der Waals surface area (Å²) >= 11 is 0. The van der Waals surface area contributed by atoms with Crippen molar-refractivity contribution in [1.82, 2.24) is 4.98 Å². The third-order valence-electron chi connectivity index (χ3n) is 1.89. The zero-order chi connectivity index (χ0) is 15.7. The number of hydrogen-bond donors (Lipinski definition) is 1. The van der Waals surface area contributed by atoms with Crippen molar-refractivity contribution >= 4 is 5.97 Å². The zero-order valence-corrected chi connectivity index (χ0v) is 9.14. The highest BCUT2D eigenvalue weighted by atomic mass is 19.4. The number of hydrogen-bond acceptors (Lipinski definition) is 3. The normalized spacial score (nSPS) is 12.3. The highest BCUT2D eigenvalue weighted by Gasteiger charge is 2.41. The molecule has 1 aromatic rings. The lowest BCUT2D eigenvalue weighted by Crippen LogP contribution is -2.22. The fraction of sp³-hybridized carbons (Fsp3) is 0.333. The van der Waals surface area contributed by atoms with Crippen LogP contribution in [0.2, 0.25) is 0 Å². The van der Waals surface area contributed by atoms with E-state index in [-0.39, 0.29) is 6.20 Å². The van der Waals surface area contributed by atoms with E-state index in [4.69, 9.17) is 5.11 Å². The molecule has 4 nitrogen and oxygen atoms in total. The van der Waals surface area contributed by atoms with Gasteiger partial charge in [0, 0.05) is 0 Å². The molecule has 0 aliphatic carbocycles. The average Bonchev–Trinajstić information content (AvgIpc) is 2.17. The van der Waals surface area contributed by atoms with Crippen molar-refractivity contribution in [3.05, 3.63) is 23.3 Å². The van der Waals surface area contributed by atoms with Gasteiger partial charge in [-0.3, -0.25) is 9.78 Å². The summed E-state index contributed by atoms with van der Waals surface area (Å²) in [6, 6.07) is 0. The second kappa shape index (κ2) is 5.13. The Labute approximate surface area is 105 Å². The minimum absolute atomic E-state index is 0.0380. The van der Waals surface area contributed by atoms with Gasteiger partial charge in [-0.05, 0) is 0 Å². The van der Waals surface area contributed by atoms with Crippen LogP contribution in [0.5, 0.6) is 5.75 Å². The van der Waals surface area contributed by atoms with Gasteiger partial charge < -0.3 is 9.84 Å². The summed E-state index contributed by atoms with van der Waals surface area (Å²) in [5.41, 5.74) is -3.46. The zero-order valence-electron chi connectivity index (χ0n) is 9.14. The van der Waals surface area contributed by atoms with E-state index in [2.05, 4.69) is 9.72 Å². The fourth-order valence-corrected chi connectivity index (χ4v) is 1.27. The van der Waals surface area contributed by atoms with Gasteiger partial charge in [0.1, 0.15) is 5.56 Å². The predicted octanol–water partition coefficient (Wildman–Crippen LogP) is 2.77. The van der Waals surface area contributed by atoms with Crippen LogP contribution < -0.4 is 4.74 Å². The Balaban J connectivity index is 3.39. The molecule has 0 radical (unpaired) electrons. The Morgan fingerprint density at radius 1 is 1.25 bits per heavy atom. The number of alkyl halides is 6. The smallest absolute Gasteiger partial charge is 0.481 e. The largest absolute Gasteiger partial charge is 0.573 e. The molecule has 0 saturated carbocycles. The Hall–Kier alpha value is -2.07. The van der Waals surface area contributed by atoms with Crippen LogP contribution in [0.3, 0.4) is 0 Å². The molecule has 0 atom stereocenters. The van der Waals surface area contributed by atoms with Crippen LogP contribution in [-0.2, 0) is 17.4 Å². The van der Waals surface area contributed by atoms with Crippen molar-refractivity contribution in [2.45, 2.75) is 19.0 Å². The van der Waals surface area contributed by atoms with Crippen molar-refractivity contribution < 1.29 is 45.4 Å². The molecule has 1 rings (SSSR count). The van der Waals surface area contributed by atoms with Gasteiger partial charge in [0.05, 0.1) is 18.3 Å². The van der Waals surface area contributed by atoms with Crippen LogP contribution in [0.1, 0.15) is 11.3 Å². The van der Waals surface area contributed by atoms with Gasteiger partial charge in [0.2, 0.25) is 0 Å². The summed E-state index contributed by atoms with van der Waals surface area (Å²) < 4.78 is 89.8. The molecule has 0 spiro atoms. The molecular weight excluding hydrogens is 303 g/mol. The standard InChI is InChI=1S/C9H4F7NO3/c10-7-4(20-9(14,15)16)2-17-3(1-5(18)19)6(7)8(11,12)13/h2H,1H2,(H,18,19). The Kier molecular flexibility index (Phi) is 4.10. The highest BCUT2D eigenvalue weighted by Crippen LogP contribution is 2.38. The monoisotopic (exact) mass is 307 g/mol. The molecule has 0 amide bonds. The van der Waals surface area contributed by atoms with E-state index in [0.29, 0.717) is 0 Å². The Bertz CT molecular complexity index is 523. The number of aliphatic carboxylic acids is 1. The molecule has 0 aromatic carbocycles. The van der Waals surface area contributed by atoms with E-state index in [1.807, 2.05) is 0 Å². The summed E-state index contributed by atoms with van der Waals surface area (Å²) in [7, 11) is 0. The minimum atomic E-state index is -5.42. The van der Waals surface area contributed by atoms with Crippen LogP contribution in [-0.4, -0.2) is 22.4 Å². The SMILES string of the molecule is O=C(O)Cc1ncc(OC(F)(F)F)c(F)c1C(F)(F)F. The van der Waals surface area contributed by atoms with Gasteiger partial charge in [-0.15, -0.1) is 13.2 Å². The summed E-state index contributed by atoms with van der Waals surface area (Å²) in [6.45, 7) is 0. The number of pyridine rings is 1. The van der Waals surface area contributed by atoms with Gasteiger partial charge in [-0.2, -0.15) is 13.2 Å². The molecule has 0 saturated heterocycles. The first-order valence-corrected chi connectivity index (χ1v) is 4.64. The second-order valence-electron chi connectivity index (χ2n) is 3.37. The van der Waals surface area contributed by atoms with E-state index >= 15 is 0 Å². The average molecular weight is 307 g/mol. The summed E-state index contributed by atoms with van der Waals surface area (Å²) in [5, 5.41) is 8.36. The van der Waals surface area contributed by atoms with Gasteiger partial charge >= 0.3 is 18.5 Å². The van der Waals surface area contributed by atoms with E-state index in [1.54, 1.807) is 0 Å². The van der Waals surface area contributed by atoms with Crippen molar-refractivity contribution in [2.75, 3.05) is 0 Å². The Morgan fingerprint density at radius 2 is 1.80 bits per heavy atom. The summed E-state index contributed by atoms with van der Waals surface area (Å²) in [6.07, 6.45) is -12.1. The Morgan fingerprint density at radius 3 is 2.20 bits per heavy atom. The maximum Gasteiger partial charge on any atom is 0.573 e. The molecule has 0 fully saturated rings. The van der Waals surface area contributed by atoms with Crippen LogP contribution in [0.15, 0.2) is 6.20 Å². The predicted molar refractivity (Wildman–Crippen MR) is 47.2 cm³/mol. The number of nitrogens with zero attached hydrogens (tertiary/aromatic N) is 1. The molecule has 1 aromatic heterocycles. The molecule has 1 heterocycles. The number of halogens is 7. The third-order valence-corrected chi connectivity index (χ3v) is 1.89. The molecule has 11 heteroatoms. The highest BCUT2D eigenvalue weighted by molar-refractivity contribution is 5.70. The minimum Gasteiger partial charge on any atom is -0.481 e. The van der Waals surface area contributed by atoms with Crippen molar-refractivity contribution in [1.29, 1.82) is 0 Å². The van der Waals surface area contributed by atoms with E-state index in [0.717, 1.165) is 0 Å². The molecule has 0 bridgehead atoms. The first-order chi connectivity index (χ1) is 8.92. The maximum absolute atomic E-state index is 13.4. The summed E-state index contributed by atoms with van der Waals surface area (Å²) in [5.74, 6) is -5.92. The van der Waals surface area contributed by atoms with Gasteiger partial charge in [0.25, 0.3) is 0 Å². The third kappa shape index (κ3) is 3.96. The maximum atomic E-state index is 13.4. The summed E-state index contributed by atoms with van der Waals surface area (Å²) in [4.78, 5) is 13.2. The molecular formula is C9H4F7NO3. The van der Waals surface area contributed by atoms with Gasteiger partial charge in [0.15, 0.2) is 11.6 Å². The molecule has 20 heavy (non-hydrogen) atoms. The number of carboxylic acid groups (broad SMARTS) is 1. The van der Waals surface area contributed by atoms with E-state index in [9.17, 15) is 35.5 Å². The number of ether oxygens (including phenoxy) is 1. The number of carbonyl (C=O) groups is 1. The van der Waals surface area contributed by atoms with E-state index in [1.165, 1.54) is 0 Å². The van der Waals surface area contributed by atoms with Crippen LogP contribution >= 0.6 is 0 Å².